The highest BCUT2D eigenvalue weighted by Gasteiger charge is 2.11. The number of hydrogen-bond acceptors (Lipinski definition) is 3. The summed E-state index contributed by atoms with van der Waals surface area (Å²) in [5, 5.41) is 3.83. The maximum Gasteiger partial charge on any atom is 0.255 e. The lowest BCUT2D eigenvalue weighted by Gasteiger charge is -2.12. The summed E-state index contributed by atoms with van der Waals surface area (Å²) in [6.45, 7) is 0.326. The first-order chi connectivity index (χ1) is 7.54. The van der Waals surface area contributed by atoms with E-state index in [1.165, 1.54) is 0 Å². The van der Waals surface area contributed by atoms with E-state index in [1.807, 2.05) is 0 Å². The second-order valence-corrected chi connectivity index (χ2v) is 4.00. The lowest BCUT2D eigenvalue weighted by atomic mass is 10.2. The lowest BCUT2D eigenvalue weighted by molar-refractivity contribution is -0.119. The fourth-order valence-electron chi connectivity index (χ4n) is 1.24. The monoisotopic (exact) mass is 262 g/mol. The van der Waals surface area contributed by atoms with E-state index in [0.29, 0.717) is 22.3 Å². The number of primary amides is 1. The number of benzene rings is 1. The third-order valence-corrected chi connectivity index (χ3v) is 2.31. The minimum absolute atomic E-state index is 0.210. The fraction of sp³-hybridized carbons (Fsp3) is 0.300. The summed E-state index contributed by atoms with van der Waals surface area (Å²) in [6.07, 6.45) is 0. The first kappa shape index (κ1) is 13.1. The molecule has 88 valence electrons. The van der Waals surface area contributed by atoms with E-state index in [1.54, 1.807) is 19.2 Å². The fourth-order valence-corrected chi connectivity index (χ4v) is 1.83. The Kier molecular flexibility index (Phi) is 4.86. The summed E-state index contributed by atoms with van der Waals surface area (Å²) in [5.41, 5.74) is 5.77. The van der Waals surface area contributed by atoms with E-state index in [2.05, 4.69) is 5.32 Å². The van der Waals surface area contributed by atoms with Gasteiger partial charge in [-0.05, 0) is 19.2 Å². The Morgan fingerprint density at radius 3 is 2.75 bits per heavy atom. The maximum absolute atomic E-state index is 10.6. The van der Waals surface area contributed by atoms with Crippen LogP contribution in [-0.2, 0) is 11.3 Å². The van der Waals surface area contributed by atoms with Crippen LogP contribution in [0.15, 0.2) is 12.1 Å². The Labute approximate surface area is 104 Å². The van der Waals surface area contributed by atoms with Crippen molar-refractivity contribution in [3.63, 3.8) is 0 Å². The number of ether oxygens (including phenoxy) is 1. The van der Waals surface area contributed by atoms with Gasteiger partial charge in [-0.3, -0.25) is 4.79 Å². The highest BCUT2D eigenvalue weighted by atomic mass is 35.5. The Bertz CT molecular complexity index is 397. The molecule has 3 N–H and O–H groups in total. The molecule has 0 fully saturated rings. The molecule has 16 heavy (non-hydrogen) atoms. The zero-order valence-corrected chi connectivity index (χ0v) is 10.2. The van der Waals surface area contributed by atoms with E-state index < -0.39 is 5.91 Å². The predicted octanol–water partition coefficient (Wildman–Crippen LogP) is 1.58. The molecule has 0 aromatic heterocycles. The standard InChI is InChI=1S/C10H12Cl2N2O2/c1-14-4-6-2-7(11)3-8(12)10(6)16-5-9(13)15/h2-3,14H,4-5H2,1H3,(H2,13,15). The maximum atomic E-state index is 10.6. The topological polar surface area (TPSA) is 64.3 Å². The van der Waals surface area contributed by atoms with Crippen molar-refractivity contribution in [2.75, 3.05) is 13.7 Å². The van der Waals surface area contributed by atoms with Crippen LogP contribution in [0, 0.1) is 0 Å². The van der Waals surface area contributed by atoms with Crippen molar-refractivity contribution in [1.82, 2.24) is 5.32 Å². The molecule has 0 spiro atoms. The zero-order chi connectivity index (χ0) is 12.1. The Balaban J connectivity index is 2.98. The predicted molar refractivity (Wildman–Crippen MR) is 63.9 cm³/mol. The van der Waals surface area contributed by atoms with Gasteiger partial charge in [0.15, 0.2) is 6.61 Å². The van der Waals surface area contributed by atoms with Crippen LogP contribution in [0.2, 0.25) is 10.0 Å². The summed E-state index contributed by atoms with van der Waals surface area (Å²) in [5.74, 6) is -0.124. The summed E-state index contributed by atoms with van der Waals surface area (Å²) >= 11 is 11.8. The lowest BCUT2D eigenvalue weighted by Crippen LogP contribution is -2.21. The Morgan fingerprint density at radius 2 is 2.19 bits per heavy atom. The van der Waals surface area contributed by atoms with Gasteiger partial charge in [0, 0.05) is 17.1 Å². The molecule has 0 radical (unpaired) electrons. The van der Waals surface area contributed by atoms with E-state index in [-0.39, 0.29) is 6.61 Å². The van der Waals surface area contributed by atoms with Gasteiger partial charge < -0.3 is 15.8 Å². The molecule has 0 bridgehead atoms. The van der Waals surface area contributed by atoms with E-state index >= 15 is 0 Å². The smallest absolute Gasteiger partial charge is 0.255 e. The number of hydrogen-bond donors (Lipinski definition) is 2. The quantitative estimate of drug-likeness (QED) is 0.847. The first-order valence-corrected chi connectivity index (χ1v) is 5.33. The molecule has 0 saturated heterocycles. The second kappa shape index (κ2) is 5.94. The molecule has 1 amide bonds. The van der Waals surface area contributed by atoms with Gasteiger partial charge >= 0.3 is 0 Å². The van der Waals surface area contributed by atoms with Crippen molar-refractivity contribution in [3.05, 3.63) is 27.7 Å². The Morgan fingerprint density at radius 1 is 1.50 bits per heavy atom. The van der Waals surface area contributed by atoms with Gasteiger partial charge in [-0.2, -0.15) is 0 Å². The third kappa shape index (κ3) is 3.56. The average molecular weight is 263 g/mol. The van der Waals surface area contributed by atoms with Gasteiger partial charge in [0.2, 0.25) is 0 Å². The largest absolute Gasteiger partial charge is 0.482 e. The van der Waals surface area contributed by atoms with Crippen LogP contribution in [0.1, 0.15) is 5.56 Å². The van der Waals surface area contributed by atoms with Crippen LogP contribution >= 0.6 is 23.2 Å². The van der Waals surface area contributed by atoms with Gasteiger partial charge in [0.05, 0.1) is 5.02 Å². The van der Waals surface area contributed by atoms with Crippen LogP contribution < -0.4 is 15.8 Å². The summed E-state index contributed by atoms with van der Waals surface area (Å²) in [7, 11) is 1.78. The molecule has 1 rings (SSSR count). The van der Waals surface area contributed by atoms with Crippen molar-refractivity contribution >= 4 is 29.1 Å². The zero-order valence-electron chi connectivity index (χ0n) is 8.72. The molecular weight excluding hydrogens is 251 g/mol. The molecule has 0 aliphatic heterocycles. The van der Waals surface area contributed by atoms with Crippen LogP contribution in [-0.4, -0.2) is 19.6 Å². The molecule has 0 atom stereocenters. The van der Waals surface area contributed by atoms with Crippen molar-refractivity contribution in [2.45, 2.75) is 6.54 Å². The van der Waals surface area contributed by atoms with E-state index in [0.717, 1.165) is 5.56 Å². The van der Waals surface area contributed by atoms with Crippen molar-refractivity contribution < 1.29 is 9.53 Å². The average Bonchev–Trinajstić information content (AvgIpc) is 2.16. The van der Waals surface area contributed by atoms with Crippen LogP contribution in [0.4, 0.5) is 0 Å². The summed E-state index contributed by atoms with van der Waals surface area (Å²) < 4.78 is 5.23. The van der Waals surface area contributed by atoms with Crippen molar-refractivity contribution in [1.29, 1.82) is 0 Å². The van der Waals surface area contributed by atoms with Crippen LogP contribution in [0.25, 0.3) is 0 Å². The molecule has 6 heteroatoms. The third-order valence-electron chi connectivity index (χ3n) is 1.81. The highest BCUT2D eigenvalue weighted by Crippen LogP contribution is 2.32. The molecule has 1 aromatic rings. The number of carbonyl (C=O) groups excluding carboxylic acids is 1. The molecule has 1 aromatic carbocycles. The number of halogens is 2. The minimum atomic E-state index is -0.554. The normalized spacial score (nSPS) is 10.2. The Hall–Kier alpha value is -0.970. The van der Waals surface area contributed by atoms with E-state index in [9.17, 15) is 4.79 Å². The summed E-state index contributed by atoms with van der Waals surface area (Å²) in [4.78, 5) is 10.6. The number of rotatable bonds is 5. The number of amides is 1. The van der Waals surface area contributed by atoms with Crippen LogP contribution in [0.5, 0.6) is 5.75 Å². The molecule has 0 saturated carbocycles. The van der Waals surface area contributed by atoms with Gasteiger partial charge in [-0.15, -0.1) is 0 Å². The molecule has 4 nitrogen and oxygen atoms in total. The van der Waals surface area contributed by atoms with Crippen LogP contribution in [0.3, 0.4) is 0 Å². The van der Waals surface area contributed by atoms with Crippen molar-refractivity contribution in [3.8, 4) is 5.75 Å². The molecule has 0 heterocycles. The molecule has 0 unspecified atom stereocenters. The first-order valence-electron chi connectivity index (χ1n) is 4.58. The molecule has 0 aliphatic rings. The SMILES string of the molecule is CNCc1cc(Cl)cc(Cl)c1OCC(N)=O. The number of nitrogens with two attached hydrogens (primary N) is 1. The summed E-state index contributed by atoms with van der Waals surface area (Å²) in [6, 6.07) is 3.28. The van der Waals surface area contributed by atoms with Gasteiger partial charge in [-0.25, -0.2) is 0 Å². The van der Waals surface area contributed by atoms with Crippen molar-refractivity contribution in [2.24, 2.45) is 5.73 Å². The van der Waals surface area contributed by atoms with Gasteiger partial charge in [0.1, 0.15) is 5.75 Å². The van der Waals surface area contributed by atoms with Gasteiger partial charge in [-0.1, -0.05) is 23.2 Å². The molecule has 0 aliphatic carbocycles. The minimum Gasteiger partial charge on any atom is -0.482 e. The second-order valence-electron chi connectivity index (χ2n) is 3.16. The van der Waals surface area contributed by atoms with Gasteiger partial charge in [0.25, 0.3) is 5.91 Å². The van der Waals surface area contributed by atoms with E-state index in [4.69, 9.17) is 33.7 Å². The number of nitrogens with one attached hydrogen (secondary N) is 1. The molecular formula is C10H12Cl2N2O2. The highest BCUT2D eigenvalue weighted by molar-refractivity contribution is 6.35. The number of carbonyl (C=O) groups is 1.